The van der Waals surface area contributed by atoms with Crippen LogP contribution in [0, 0.1) is 6.92 Å². The zero-order chi connectivity index (χ0) is 16.3. The number of nitrogens with one attached hydrogen (secondary N) is 1. The van der Waals surface area contributed by atoms with Crippen LogP contribution in [0.1, 0.15) is 32.0 Å². The van der Waals surface area contributed by atoms with Crippen molar-refractivity contribution >= 4 is 17.7 Å². The second kappa shape index (κ2) is 7.28. The predicted molar refractivity (Wildman–Crippen MR) is 86.3 cm³/mol. The number of H-pyrrole nitrogens is 1. The maximum Gasteiger partial charge on any atom is 0.254 e. The van der Waals surface area contributed by atoms with Crippen LogP contribution in [0.3, 0.4) is 0 Å². The SMILES string of the molecule is CCc1c(C)nc(SCC(=O)N2C[C@@H](C)O[C@H](C)C2)[nH]c1=O. The Kier molecular flexibility index (Phi) is 5.63. The smallest absolute Gasteiger partial charge is 0.254 e. The minimum Gasteiger partial charge on any atom is -0.372 e. The van der Waals surface area contributed by atoms with Crippen LogP contribution in [0.4, 0.5) is 0 Å². The van der Waals surface area contributed by atoms with E-state index in [0.29, 0.717) is 30.2 Å². The molecule has 1 amide bonds. The van der Waals surface area contributed by atoms with Crippen LogP contribution in [0.5, 0.6) is 0 Å². The van der Waals surface area contributed by atoms with Crippen molar-refractivity contribution < 1.29 is 9.53 Å². The molecule has 22 heavy (non-hydrogen) atoms. The molecular formula is C15H23N3O3S. The first kappa shape index (κ1) is 17.0. The van der Waals surface area contributed by atoms with Gasteiger partial charge in [0, 0.05) is 24.3 Å². The standard InChI is InChI=1S/C15H23N3O3S/c1-5-12-11(4)16-15(17-14(12)20)22-8-13(19)18-6-9(2)21-10(3)7-18/h9-10H,5-8H2,1-4H3,(H,16,17,20)/t9-,10-/m1/s1. The Hall–Kier alpha value is -1.34. The number of hydrogen-bond donors (Lipinski definition) is 1. The number of rotatable bonds is 4. The molecule has 2 rings (SSSR count). The summed E-state index contributed by atoms with van der Waals surface area (Å²) in [5.74, 6) is 0.319. The van der Waals surface area contributed by atoms with Crippen LogP contribution in [-0.4, -0.2) is 51.8 Å². The molecule has 1 aromatic heterocycles. The number of aryl methyl sites for hydroxylation is 1. The largest absolute Gasteiger partial charge is 0.372 e. The molecule has 1 aliphatic heterocycles. The topological polar surface area (TPSA) is 75.3 Å². The number of carbonyl (C=O) groups is 1. The maximum absolute atomic E-state index is 12.3. The van der Waals surface area contributed by atoms with E-state index in [4.69, 9.17) is 4.74 Å². The number of hydrogen-bond acceptors (Lipinski definition) is 5. The summed E-state index contributed by atoms with van der Waals surface area (Å²) in [6, 6.07) is 0. The van der Waals surface area contributed by atoms with Crippen molar-refractivity contribution in [1.82, 2.24) is 14.9 Å². The summed E-state index contributed by atoms with van der Waals surface area (Å²) in [7, 11) is 0. The second-order valence-corrected chi connectivity index (χ2v) is 6.60. The third-order valence-corrected chi connectivity index (χ3v) is 4.52. The summed E-state index contributed by atoms with van der Waals surface area (Å²) in [5, 5.41) is 0.502. The average Bonchev–Trinajstić information content (AvgIpc) is 2.43. The van der Waals surface area contributed by atoms with Crippen LogP contribution >= 0.6 is 11.8 Å². The summed E-state index contributed by atoms with van der Waals surface area (Å²) in [6.45, 7) is 8.91. The van der Waals surface area contributed by atoms with Gasteiger partial charge in [-0.3, -0.25) is 9.59 Å². The fourth-order valence-electron chi connectivity index (χ4n) is 2.67. The molecule has 7 heteroatoms. The minimum absolute atomic E-state index is 0.0480. The average molecular weight is 325 g/mol. The molecule has 0 aromatic carbocycles. The van der Waals surface area contributed by atoms with Crippen molar-refractivity contribution in [2.45, 2.75) is 51.5 Å². The molecule has 0 radical (unpaired) electrons. The van der Waals surface area contributed by atoms with Gasteiger partial charge in [0.15, 0.2) is 5.16 Å². The first-order valence-electron chi connectivity index (χ1n) is 7.56. The van der Waals surface area contributed by atoms with Gasteiger partial charge in [-0.05, 0) is 27.2 Å². The van der Waals surface area contributed by atoms with Crippen LogP contribution in [-0.2, 0) is 16.0 Å². The Morgan fingerprint density at radius 3 is 2.59 bits per heavy atom. The second-order valence-electron chi connectivity index (χ2n) is 5.63. The molecule has 2 atom stereocenters. The molecule has 6 nitrogen and oxygen atoms in total. The lowest BCUT2D eigenvalue weighted by Gasteiger charge is -2.35. The van der Waals surface area contributed by atoms with Gasteiger partial charge in [0.05, 0.1) is 18.0 Å². The molecule has 0 aliphatic carbocycles. The van der Waals surface area contributed by atoms with E-state index < -0.39 is 0 Å². The molecule has 0 unspecified atom stereocenters. The van der Waals surface area contributed by atoms with Crippen molar-refractivity contribution in [3.8, 4) is 0 Å². The quantitative estimate of drug-likeness (QED) is 0.668. The van der Waals surface area contributed by atoms with Crippen LogP contribution in [0.2, 0.25) is 0 Å². The molecule has 1 N–H and O–H groups in total. The lowest BCUT2D eigenvalue weighted by molar-refractivity contribution is -0.140. The molecule has 122 valence electrons. The Morgan fingerprint density at radius 2 is 2.05 bits per heavy atom. The molecule has 0 bridgehead atoms. The van der Waals surface area contributed by atoms with E-state index in [-0.39, 0.29) is 29.4 Å². The van der Waals surface area contributed by atoms with Crippen LogP contribution in [0.15, 0.2) is 9.95 Å². The van der Waals surface area contributed by atoms with Gasteiger partial charge in [-0.15, -0.1) is 0 Å². The van der Waals surface area contributed by atoms with Gasteiger partial charge in [0.1, 0.15) is 0 Å². The Morgan fingerprint density at radius 1 is 1.41 bits per heavy atom. The van der Waals surface area contributed by atoms with Crippen molar-refractivity contribution in [3.05, 3.63) is 21.6 Å². The van der Waals surface area contributed by atoms with Gasteiger partial charge in [0.2, 0.25) is 5.91 Å². The molecule has 0 saturated carbocycles. The van der Waals surface area contributed by atoms with E-state index in [1.807, 2.05) is 32.6 Å². The molecular weight excluding hydrogens is 302 g/mol. The molecule has 1 aromatic rings. The fourth-order valence-corrected chi connectivity index (χ4v) is 3.48. The number of amides is 1. The van der Waals surface area contributed by atoms with Gasteiger partial charge in [-0.2, -0.15) is 0 Å². The number of nitrogens with zero attached hydrogens (tertiary/aromatic N) is 2. The first-order chi connectivity index (χ1) is 10.4. The lowest BCUT2D eigenvalue weighted by Crippen LogP contribution is -2.48. The first-order valence-corrected chi connectivity index (χ1v) is 8.55. The summed E-state index contributed by atoms with van der Waals surface area (Å²) in [4.78, 5) is 33.1. The monoisotopic (exact) mass is 325 g/mol. The van der Waals surface area contributed by atoms with E-state index in [1.165, 1.54) is 11.8 Å². The third kappa shape index (κ3) is 4.10. The Labute approximate surface area is 134 Å². The summed E-state index contributed by atoms with van der Waals surface area (Å²) >= 11 is 1.27. The molecule has 1 saturated heterocycles. The van der Waals surface area contributed by atoms with Crippen molar-refractivity contribution in [2.24, 2.45) is 0 Å². The molecule has 1 fully saturated rings. The zero-order valence-electron chi connectivity index (χ0n) is 13.5. The number of thioether (sulfide) groups is 1. The zero-order valence-corrected chi connectivity index (χ0v) is 14.3. The highest BCUT2D eigenvalue weighted by Crippen LogP contribution is 2.16. The van der Waals surface area contributed by atoms with E-state index in [2.05, 4.69) is 9.97 Å². The Balaban J connectivity index is 1.98. The fraction of sp³-hybridized carbons (Fsp3) is 0.667. The van der Waals surface area contributed by atoms with E-state index in [9.17, 15) is 9.59 Å². The molecule has 2 heterocycles. The van der Waals surface area contributed by atoms with Crippen LogP contribution < -0.4 is 5.56 Å². The van der Waals surface area contributed by atoms with E-state index >= 15 is 0 Å². The summed E-state index contributed by atoms with van der Waals surface area (Å²) in [5.41, 5.74) is 1.32. The number of ether oxygens (including phenoxy) is 1. The van der Waals surface area contributed by atoms with Gasteiger partial charge >= 0.3 is 0 Å². The highest BCUT2D eigenvalue weighted by atomic mass is 32.2. The van der Waals surface area contributed by atoms with Crippen molar-refractivity contribution in [3.63, 3.8) is 0 Å². The highest BCUT2D eigenvalue weighted by Gasteiger charge is 2.25. The van der Waals surface area contributed by atoms with Gasteiger partial charge in [-0.1, -0.05) is 18.7 Å². The van der Waals surface area contributed by atoms with Gasteiger partial charge < -0.3 is 14.6 Å². The van der Waals surface area contributed by atoms with Crippen LogP contribution in [0.25, 0.3) is 0 Å². The number of morpholine rings is 1. The summed E-state index contributed by atoms with van der Waals surface area (Å²) < 4.78 is 5.63. The van der Waals surface area contributed by atoms with Gasteiger partial charge in [-0.25, -0.2) is 4.98 Å². The Bertz CT molecular complexity index is 592. The maximum atomic E-state index is 12.3. The third-order valence-electron chi connectivity index (χ3n) is 3.66. The number of carbonyl (C=O) groups excluding carboxylic acids is 1. The minimum atomic E-state index is -0.112. The highest BCUT2D eigenvalue weighted by molar-refractivity contribution is 7.99. The molecule has 0 spiro atoms. The normalized spacial score (nSPS) is 21.9. The lowest BCUT2D eigenvalue weighted by atomic mass is 10.2. The van der Waals surface area contributed by atoms with E-state index in [0.717, 1.165) is 5.69 Å². The number of aromatic amines is 1. The summed E-state index contributed by atoms with van der Waals surface area (Å²) in [6.07, 6.45) is 0.769. The van der Waals surface area contributed by atoms with E-state index in [1.54, 1.807) is 0 Å². The van der Waals surface area contributed by atoms with Crippen molar-refractivity contribution in [2.75, 3.05) is 18.8 Å². The van der Waals surface area contributed by atoms with Crippen molar-refractivity contribution in [1.29, 1.82) is 0 Å². The predicted octanol–water partition coefficient (Wildman–Crippen LogP) is 1.37. The number of aromatic nitrogens is 2. The van der Waals surface area contributed by atoms with Gasteiger partial charge in [0.25, 0.3) is 5.56 Å². The molecule has 1 aliphatic rings.